The fourth-order valence-corrected chi connectivity index (χ4v) is 2.59. The fourth-order valence-electron chi connectivity index (χ4n) is 2.59. The van der Waals surface area contributed by atoms with Crippen LogP contribution in [0.25, 0.3) is 11.4 Å². The number of aryl methyl sites for hydroxylation is 1. The van der Waals surface area contributed by atoms with Gasteiger partial charge in [0.25, 0.3) is 5.56 Å². The highest BCUT2D eigenvalue weighted by atomic mass is 16.1. The molecule has 0 spiro atoms. The first-order valence-corrected chi connectivity index (χ1v) is 7.19. The van der Waals surface area contributed by atoms with Crippen LogP contribution in [0.1, 0.15) is 12.8 Å². The number of hydrogen-bond acceptors (Lipinski definition) is 5. The molecule has 0 aliphatic carbocycles. The molecule has 3 rings (SSSR count). The zero-order chi connectivity index (χ0) is 14.8. The van der Waals surface area contributed by atoms with Gasteiger partial charge in [-0.3, -0.25) is 9.89 Å². The number of nitrogens with zero attached hydrogens (tertiary/aromatic N) is 4. The molecule has 0 bridgehead atoms. The molecule has 0 amide bonds. The molecule has 0 radical (unpaired) electrons. The van der Waals surface area contributed by atoms with Crippen molar-refractivity contribution < 1.29 is 0 Å². The van der Waals surface area contributed by atoms with Crippen LogP contribution in [0.15, 0.2) is 23.1 Å². The average Bonchev–Trinajstić information content (AvgIpc) is 3.00. The van der Waals surface area contributed by atoms with Crippen LogP contribution in [-0.4, -0.2) is 45.9 Å². The monoisotopic (exact) mass is 288 g/mol. The van der Waals surface area contributed by atoms with E-state index in [1.54, 1.807) is 19.3 Å². The fraction of sp³-hybridized carbons (Fsp3) is 0.500. The summed E-state index contributed by atoms with van der Waals surface area (Å²) in [5.41, 5.74) is 0.710. The van der Waals surface area contributed by atoms with Crippen molar-refractivity contribution in [3.63, 3.8) is 0 Å². The number of H-pyrrole nitrogens is 1. The minimum atomic E-state index is -0.0553. The Morgan fingerprint density at radius 3 is 2.81 bits per heavy atom. The summed E-state index contributed by atoms with van der Waals surface area (Å²) in [6.45, 7) is 1.89. The van der Waals surface area contributed by atoms with Gasteiger partial charge in [0, 0.05) is 44.0 Å². The van der Waals surface area contributed by atoms with Crippen molar-refractivity contribution in [3.8, 4) is 11.4 Å². The van der Waals surface area contributed by atoms with Gasteiger partial charge in [0.15, 0.2) is 5.82 Å². The summed E-state index contributed by atoms with van der Waals surface area (Å²) in [4.78, 5) is 18.4. The molecule has 0 saturated carbocycles. The van der Waals surface area contributed by atoms with Gasteiger partial charge in [0.1, 0.15) is 0 Å². The van der Waals surface area contributed by atoms with Gasteiger partial charge >= 0.3 is 0 Å². The molecule has 2 N–H and O–H groups in total. The summed E-state index contributed by atoms with van der Waals surface area (Å²) in [7, 11) is 3.73. The van der Waals surface area contributed by atoms with E-state index in [0.29, 0.717) is 17.8 Å². The van der Waals surface area contributed by atoms with E-state index < -0.39 is 0 Å². The molecule has 0 unspecified atom stereocenters. The number of anilines is 1. The zero-order valence-electron chi connectivity index (χ0n) is 12.3. The Morgan fingerprint density at radius 2 is 2.14 bits per heavy atom. The first-order valence-electron chi connectivity index (χ1n) is 7.19. The van der Waals surface area contributed by atoms with Gasteiger partial charge in [-0.1, -0.05) is 0 Å². The zero-order valence-corrected chi connectivity index (χ0v) is 12.3. The average molecular weight is 288 g/mol. The van der Waals surface area contributed by atoms with Crippen molar-refractivity contribution in [3.05, 3.63) is 28.7 Å². The van der Waals surface area contributed by atoms with Crippen LogP contribution in [0.5, 0.6) is 0 Å². The Hall–Kier alpha value is -2.15. The minimum absolute atomic E-state index is 0.0553. The van der Waals surface area contributed by atoms with Crippen LogP contribution in [0.2, 0.25) is 0 Å². The van der Waals surface area contributed by atoms with Gasteiger partial charge in [-0.05, 0) is 26.0 Å². The van der Waals surface area contributed by atoms with E-state index >= 15 is 0 Å². The molecule has 1 aliphatic rings. The summed E-state index contributed by atoms with van der Waals surface area (Å²) in [6.07, 6.45) is 3.91. The maximum Gasteiger partial charge on any atom is 0.250 e. The summed E-state index contributed by atoms with van der Waals surface area (Å²) in [5.74, 6) is 1.35. The molecule has 1 aliphatic heterocycles. The van der Waals surface area contributed by atoms with Crippen LogP contribution in [0.4, 0.5) is 5.95 Å². The lowest BCUT2D eigenvalue weighted by Gasteiger charge is -2.30. The first-order chi connectivity index (χ1) is 10.2. The normalized spacial score (nSPS) is 16.4. The molecule has 7 nitrogen and oxygen atoms in total. The van der Waals surface area contributed by atoms with Gasteiger partial charge in [0.2, 0.25) is 5.95 Å². The number of nitrogens with one attached hydrogen (secondary N) is 2. The second kappa shape index (κ2) is 5.69. The molecule has 0 aromatic carbocycles. The predicted octanol–water partition coefficient (Wildman–Crippen LogP) is 0.359. The third kappa shape index (κ3) is 2.82. The van der Waals surface area contributed by atoms with E-state index in [1.165, 1.54) is 4.57 Å². The van der Waals surface area contributed by atoms with Crippen LogP contribution in [0, 0.1) is 0 Å². The van der Waals surface area contributed by atoms with Gasteiger partial charge in [-0.15, -0.1) is 5.10 Å². The number of aromatic amines is 1. The van der Waals surface area contributed by atoms with Crippen molar-refractivity contribution in [2.45, 2.75) is 18.9 Å². The topological polar surface area (TPSA) is 78.8 Å². The molecule has 2 aromatic rings. The smallest absolute Gasteiger partial charge is 0.250 e. The van der Waals surface area contributed by atoms with Gasteiger partial charge < -0.3 is 14.8 Å². The highest BCUT2D eigenvalue weighted by Crippen LogP contribution is 2.19. The number of piperidine rings is 1. The summed E-state index contributed by atoms with van der Waals surface area (Å²) in [6, 6.07) is 4.01. The minimum Gasteiger partial charge on any atom is -0.339 e. The summed E-state index contributed by atoms with van der Waals surface area (Å²) < 4.78 is 1.53. The van der Waals surface area contributed by atoms with Crippen LogP contribution >= 0.6 is 0 Å². The quantitative estimate of drug-likeness (QED) is 0.852. The molecule has 21 heavy (non-hydrogen) atoms. The third-order valence-electron chi connectivity index (χ3n) is 4.04. The second-order valence-corrected chi connectivity index (χ2v) is 5.40. The Kier molecular flexibility index (Phi) is 3.74. The van der Waals surface area contributed by atoms with Crippen LogP contribution in [0.3, 0.4) is 0 Å². The molecule has 112 valence electrons. The lowest BCUT2D eigenvalue weighted by atomic mass is 10.1. The Bertz CT molecular complexity index is 668. The second-order valence-electron chi connectivity index (χ2n) is 5.40. The van der Waals surface area contributed by atoms with Gasteiger partial charge in [-0.2, -0.15) is 4.98 Å². The standard InChI is InChI=1S/C14H20N6O/c1-15-11-4-7-20(8-5-11)14-16-13(17-18-14)10-3-6-19(2)12(21)9-10/h3,6,9,11,15H,4-5,7-8H2,1-2H3,(H,16,17,18). The van der Waals surface area contributed by atoms with Crippen molar-refractivity contribution >= 4 is 5.95 Å². The van der Waals surface area contributed by atoms with Crippen molar-refractivity contribution in [2.75, 3.05) is 25.0 Å². The van der Waals surface area contributed by atoms with E-state index in [0.717, 1.165) is 31.5 Å². The van der Waals surface area contributed by atoms with E-state index in [1.807, 2.05) is 13.1 Å². The summed E-state index contributed by atoms with van der Waals surface area (Å²) in [5, 5.41) is 10.5. The molecule has 1 fully saturated rings. The van der Waals surface area contributed by atoms with E-state index in [4.69, 9.17) is 0 Å². The van der Waals surface area contributed by atoms with Crippen LogP contribution < -0.4 is 15.8 Å². The Balaban J connectivity index is 1.77. The van der Waals surface area contributed by atoms with Crippen LogP contribution in [-0.2, 0) is 7.05 Å². The molecule has 7 heteroatoms. The lowest BCUT2D eigenvalue weighted by molar-refractivity contribution is 0.439. The Morgan fingerprint density at radius 1 is 1.38 bits per heavy atom. The Labute approximate surface area is 123 Å². The molecule has 0 atom stereocenters. The van der Waals surface area contributed by atoms with E-state index in [2.05, 4.69) is 25.4 Å². The lowest BCUT2D eigenvalue weighted by Crippen LogP contribution is -2.41. The maximum atomic E-state index is 11.7. The van der Waals surface area contributed by atoms with Crippen molar-refractivity contribution in [1.29, 1.82) is 0 Å². The predicted molar refractivity (Wildman–Crippen MR) is 81.4 cm³/mol. The highest BCUT2D eigenvalue weighted by molar-refractivity contribution is 5.55. The van der Waals surface area contributed by atoms with Crippen molar-refractivity contribution in [1.82, 2.24) is 25.1 Å². The van der Waals surface area contributed by atoms with Crippen molar-refractivity contribution in [2.24, 2.45) is 7.05 Å². The SMILES string of the molecule is CNC1CCN(c2n[nH]c(-c3ccn(C)c(=O)c3)n2)CC1. The number of pyridine rings is 1. The van der Waals surface area contributed by atoms with Gasteiger partial charge in [0.05, 0.1) is 0 Å². The summed E-state index contributed by atoms with van der Waals surface area (Å²) >= 11 is 0. The molecule has 2 aromatic heterocycles. The third-order valence-corrected chi connectivity index (χ3v) is 4.04. The number of hydrogen-bond donors (Lipinski definition) is 2. The molecule has 3 heterocycles. The number of aromatic nitrogens is 4. The largest absolute Gasteiger partial charge is 0.339 e. The molecular formula is C14H20N6O. The van der Waals surface area contributed by atoms with E-state index in [9.17, 15) is 4.79 Å². The molecular weight excluding hydrogens is 268 g/mol. The maximum absolute atomic E-state index is 11.7. The molecule has 1 saturated heterocycles. The highest BCUT2D eigenvalue weighted by Gasteiger charge is 2.21. The first kappa shape index (κ1) is 13.8. The van der Waals surface area contributed by atoms with Gasteiger partial charge in [-0.25, -0.2) is 0 Å². The van der Waals surface area contributed by atoms with E-state index in [-0.39, 0.29) is 5.56 Å². The number of rotatable bonds is 3.